The van der Waals surface area contributed by atoms with Crippen LogP contribution in [-0.4, -0.2) is 82.5 Å². The van der Waals surface area contributed by atoms with Crippen molar-refractivity contribution in [3.8, 4) is 17.1 Å². The second kappa shape index (κ2) is 16.5. The number of amides is 1. The van der Waals surface area contributed by atoms with Crippen molar-refractivity contribution in [1.82, 2.24) is 14.9 Å². The maximum absolute atomic E-state index is 14.0. The lowest BCUT2D eigenvalue weighted by molar-refractivity contribution is -0.194. The van der Waals surface area contributed by atoms with E-state index in [0.717, 1.165) is 16.5 Å². The number of pyridine rings is 2. The van der Waals surface area contributed by atoms with Crippen molar-refractivity contribution in [2.75, 3.05) is 20.3 Å². The molecule has 3 unspecified atom stereocenters. The number of aliphatic hydroxyl groups is 1. The fourth-order valence-electron chi connectivity index (χ4n) is 6.87. The third-order valence-corrected chi connectivity index (χ3v) is 10.0. The Bertz CT molecular complexity index is 1870. The smallest absolute Gasteiger partial charge is 0.343 e. The summed E-state index contributed by atoms with van der Waals surface area (Å²) in [5, 5.41) is 23.2. The first-order chi connectivity index (χ1) is 24.9. The quantitative estimate of drug-likeness (QED) is 0.106. The summed E-state index contributed by atoms with van der Waals surface area (Å²) >= 11 is 0. The van der Waals surface area contributed by atoms with Gasteiger partial charge in [-0.1, -0.05) is 20.8 Å². The average Bonchev–Trinajstić information content (AvgIpc) is 3.50. The number of hydrogen-bond donors (Lipinski definition) is 3. The molecule has 282 valence electrons. The lowest BCUT2D eigenvalue weighted by Gasteiger charge is -2.39. The van der Waals surface area contributed by atoms with E-state index in [1.165, 1.54) is 7.11 Å². The Hall–Kier alpha value is -4.37. The van der Waals surface area contributed by atoms with Gasteiger partial charge < -0.3 is 43.8 Å². The zero-order valence-electron chi connectivity index (χ0n) is 30.7. The van der Waals surface area contributed by atoms with Crippen molar-refractivity contribution in [1.29, 1.82) is 0 Å². The molecule has 4 heterocycles. The monoisotopic (exact) mass is 723 g/mol. The lowest BCUT2D eigenvalue weighted by Crippen LogP contribution is -2.51. The molecule has 0 aliphatic carbocycles. The maximum Gasteiger partial charge on any atom is 0.343 e. The minimum Gasteiger partial charge on any atom is -0.508 e. The predicted octanol–water partition coefficient (Wildman–Crippen LogP) is 3.74. The topological polar surface area (TPSA) is 185 Å². The molecule has 0 fully saturated rings. The second-order valence-electron chi connectivity index (χ2n) is 13.3. The summed E-state index contributed by atoms with van der Waals surface area (Å²) in [4.78, 5) is 57.7. The van der Waals surface area contributed by atoms with Crippen LogP contribution in [0.4, 0.5) is 0 Å². The molecule has 1 aromatic carbocycles. The van der Waals surface area contributed by atoms with Crippen LogP contribution in [-0.2, 0) is 63.2 Å². The Balaban J connectivity index is 1.27. The van der Waals surface area contributed by atoms with E-state index < -0.39 is 42.1 Å². The third kappa shape index (κ3) is 7.70. The molecule has 3 N–H and O–H groups in total. The fourth-order valence-corrected chi connectivity index (χ4v) is 6.87. The zero-order chi connectivity index (χ0) is 37.7. The Morgan fingerprint density at radius 1 is 1.12 bits per heavy atom. The van der Waals surface area contributed by atoms with Gasteiger partial charge in [0.05, 0.1) is 53.9 Å². The van der Waals surface area contributed by atoms with E-state index in [4.69, 9.17) is 28.7 Å². The van der Waals surface area contributed by atoms with E-state index in [2.05, 4.69) is 5.32 Å². The zero-order valence-corrected chi connectivity index (χ0v) is 30.7. The Labute approximate surface area is 302 Å². The van der Waals surface area contributed by atoms with Crippen LogP contribution in [0.5, 0.6) is 5.75 Å². The first-order valence-corrected chi connectivity index (χ1v) is 17.9. The highest BCUT2D eigenvalue weighted by Gasteiger charge is 2.49. The number of aromatic nitrogens is 2. The predicted molar refractivity (Wildman–Crippen MR) is 189 cm³/mol. The summed E-state index contributed by atoms with van der Waals surface area (Å²) in [6, 6.07) is 6.28. The molecule has 0 saturated heterocycles. The molecular formula is C38H49N3O11. The van der Waals surface area contributed by atoms with E-state index in [1.807, 2.05) is 19.9 Å². The number of ether oxygens (including phenoxy) is 5. The van der Waals surface area contributed by atoms with Crippen LogP contribution in [0.15, 0.2) is 29.1 Å². The van der Waals surface area contributed by atoms with Crippen LogP contribution >= 0.6 is 0 Å². The number of nitrogens with zero attached hydrogens (tertiary/aromatic N) is 2. The van der Waals surface area contributed by atoms with Gasteiger partial charge in [-0.25, -0.2) is 9.78 Å². The maximum atomic E-state index is 14.0. The molecule has 14 nitrogen and oxygen atoms in total. The fraction of sp³-hybridized carbons (Fsp3) is 0.553. The van der Waals surface area contributed by atoms with Gasteiger partial charge in [-0.05, 0) is 69.4 Å². The van der Waals surface area contributed by atoms with Crippen molar-refractivity contribution in [2.45, 2.75) is 116 Å². The first kappa shape index (κ1) is 38.9. The number of nitrogens with one attached hydrogen (secondary N) is 1. The van der Waals surface area contributed by atoms with Gasteiger partial charge in [-0.15, -0.1) is 0 Å². The molecule has 14 heteroatoms. The van der Waals surface area contributed by atoms with Crippen molar-refractivity contribution in [3.05, 3.63) is 56.9 Å². The highest BCUT2D eigenvalue weighted by atomic mass is 16.7. The van der Waals surface area contributed by atoms with Gasteiger partial charge in [-0.3, -0.25) is 14.4 Å². The van der Waals surface area contributed by atoms with Crippen LogP contribution in [0.1, 0.15) is 89.0 Å². The summed E-state index contributed by atoms with van der Waals surface area (Å²) in [6.07, 6.45) is -0.253. The molecule has 3 aromatic rings. The summed E-state index contributed by atoms with van der Waals surface area (Å²) in [7, 11) is 1.41. The number of hydrogen-bond acceptors (Lipinski definition) is 12. The van der Waals surface area contributed by atoms with Gasteiger partial charge in [0.25, 0.3) is 5.56 Å². The van der Waals surface area contributed by atoms with Crippen molar-refractivity contribution >= 4 is 28.7 Å². The van der Waals surface area contributed by atoms with Crippen LogP contribution in [0.25, 0.3) is 22.3 Å². The molecule has 5 atom stereocenters. The van der Waals surface area contributed by atoms with Crippen molar-refractivity contribution in [2.24, 2.45) is 0 Å². The molecular weight excluding hydrogens is 674 g/mol. The van der Waals surface area contributed by atoms with E-state index in [0.29, 0.717) is 47.4 Å². The number of rotatable bonds is 17. The van der Waals surface area contributed by atoms with Gasteiger partial charge in [0.1, 0.15) is 19.0 Å². The number of carbonyl (C=O) groups is 3. The Morgan fingerprint density at radius 3 is 2.56 bits per heavy atom. The van der Waals surface area contributed by atoms with Crippen molar-refractivity contribution < 1.29 is 48.3 Å². The number of phenols is 1. The Morgan fingerprint density at radius 2 is 1.88 bits per heavy atom. The molecule has 0 saturated carbocycles. The number of carbonyl (C=O) groups excluding carboxylic acids is 3. The number of aryl methyl sites for hydroxylation is 1. The normalized spacial score (nSPS) is 18.5. The molecule has 2 aliphatic heterocycles. The molecule has 52 heavy (non-hydrogen) atoms. The standard InChI is InChI=1S/C38H49N3O11/c1-7-24(18-42)51-34(48-6)20-49-33(45)12-10-11-32(44)39-21(4)22(5)52-38(9-3)29-16-31-35-27(17-41(31)36(46)28(29)19-50-37(38)47)25(8-2)26-15-23(43)13-14-30(26)40-35/h13-16,21-22,24,34,42-43H,7-12,17-20H2,1-6H3,(H,39,44)/t21-,22?,24?,34?,38-/m0/s1. The van der Waals surface area contributed by atoms with Gasteiger partial charge in [0, 0.05) is 36.5 Å². The SMILES string of the molecule is CCc1c2c(nc3ccc(O)cc13)-c1cc3c(c(=O)n1C2)COC(=O)[C@@]3(CC)OC(C)[C@H](C)NC(=O)CCCC(=O)OCC(OC)OC(CC)CO. The number of aliphatic hydroxyl groups excluding tert-OH is 1. The summed E-state index contributed by atoms with van der Waals surface area (Å²) in [6.45, 7) is 8.93. The van der Waals surface area contributed by atoms with Gasteiger partial charge in [-0.2, -0.15) is 0 Å². The van der Waals surface area contributed by atoms with E-state index in [-0.39, 0.29) is 62.7 Å². The molecule has 0 spiro atoms. The van der Waals surface area contributed by atoms with E-state index >= 15 is 0 Å². The van der Waals surface area contributed by atoms with Crippen molar-refractivity contribution in [3.63, 3.8) is 0 Å². The number of aromatic hydroxyl groups is 1. The number of cyclic esters (lactones) is 1. The first-order valence-electron chi connectivity index (χ1n) is 17.9. The highest BCUT2D eigenvalue weighted by Crippen LogP contribution is 2.43. The van der Waals surface area contributed by atoms with Crippen LogP contribution in [0.2, 0.25) is 0 Å². The molecule has 2 aromatic heterocycles. The lowest BCUT2D eigenvalue weighted by atomic mass is 9.85. The van der Waals surface area contributed by atoms with E-state index in [1.54, 1.807) is 43.5 Å². The number of phenolic OH excluding ortho intramolecular Hbond substituents is 1. The number of methoxy groups -OCH3 is 1. The minimum atomic E-state index is -1.61. The number of fused-ring (bicyclic) bond motifs is 5. The second-order valence-corrected chi connectivity index (χ2v) is 13.3. The van der Waals surface area contributed by atoms with Gasteiger partial charge >= 0.3 is 11.9 Å². The largest absolute Gasteiger partial charge is 0.508 e. The molecule has 0 radical (unpaired) electrons. The van der Waals surface area contributed by atoms with Crippen LogP contribution in [0.3, 0.4) is 0 Å². The van der Waals surface area contributed by atoms with Gasteiger partial charge in [0.2, 0.25) is 5.91 Å². The van der Waals surface area contributed by atoms with Gasteiger partial charge in [0.15, 0.2) is 11.9 Å². The van der Waals surface area contributed by atoms with Crippen LogP contribution < -0.4 is 10.9 Å². The summed E-state index contributed by atoms with van der Waals surface area (Å²) < 4.78 is 29.7. The Kier molecular flexibility index (Phi) is 12.4. The molecule has 0 bridgehead atoms. The number of benzene rings is 1. The van der Waals surface area contributed by atoms with Crippen LogP contribution in [0, 0.1) is 0 Å². The summed E-state index contributed by atoms with van der Waals surface area (Å²) in [5.74, 6) is -1.31. The third-order valence-electron chi connectivity index (χ3n) is 10.0. The highest BCUT2D eigenvalue weighted by molar-refractivity contribution is 5.90. The van der Waals surface area contributed by atoms with E-state index in [9.17, 15) is 29.4 Å². The molecule has 1 amide bonds. The number of esters is 2. The minimum absolute atomic E-state index is 0.00106. The molecule has 5 rings (SSSR count). The average molecular weight is 724 g/mol. The molecule has 2 aliphatic rings. The summed E-state index contributed by atoms with van der Waals surface area (Å²) in [5.41, 5.74) is 2.65.